The quantitative estimate of drug-likeness (QED) is 0.453. The third kappa shape index (κ3) is 8.49. The molecule has 0 aliphatic rings. The normalized spacial score (nSPS) is 13.6. The Morgan fingerprint density at radius 3 is 2.62 bits per heavy atom. The molecule has 0 aliphatic heterocycles. The van der Waals surface area contributed by atoms with Gasteiger partial charge >= 0.3 is 0 Å². The zero-order valence-electron chi connectivity index (χ0n) is 10.8. The Morgan fingerprint density at radius 1 is 1.38 bits per heavy atom. The lowest BCUT2D eigenvalue weighted by Crippen LogP contribution is -2.07. The van der Waals surface area contributed by atoms with E-state index in [0.29, 0.717) is 0 Å². The monoisotopic (exact) mass is 222 g/mol. The van der Waals surface area contributed by atoms with Crippen molar-refractivity contribution in [3.05, 3.63) is 36.5 Å². The smallest absolute Gasteiger partial charge is 0.0580 e. The number of aliphatic hydroxyl groups is 1. The van der Waals surface area contributed by atoms with E-state index in [1.54, 1.807) is 0 Å². The van der Waals surface area contributed by atoms with Crippen molar-refractivity contribution >= 4 is 0 Å². The van der Waals surface area contributed by atoms with Crippen LogP contribution in [0.4, 0.5) is 0 Å². The first-order valence-corrected chi connectivity index (χ1v) is 6.21. The predicted molar refractivity (Wildman–Crippen MR) is 72.5 cm³/mol. The molecule has 0 aliphatic carbocycles. The summed E-state index contributed by atoms with van der Waals surface area (Å²) in [5.41, 5.74) is 2.50. The molecule has 0 aromatic carbocycles. The lowest BCUT2D eigenvalue weighted by molar-refractivity contribution is 0.164. The summed E-state index contributed by atoms with van der Waals surface area (Å²) in [5, 5.41) is 9.77. The van der Waals surface area contributed by atoms with Crippen molar-refractivity contribution in [1.82, 2.24) is 0 Å². The van der Waals surface area contributed by atoms with Gasteiger partial charge in [-0.25, -0.2) is 0 Å². The summed E-state index contributed by atoms with van der Waals surface area (Å²) in [6.07, 6.45) is 9.58. The van der Waals surface area contributed by atoms with Crippen molar-refractivity contribution in [2.75, 3.05) is 0 Å². The molecule has 0 aromatic rings. The molecule has 0 amide bonds. The SMILES string of the molecule is C=CCC/C=C(\C)CC[C@@H](O)CC(=C)CC. The molecule has 1 N–H and O–H groups in total. The molecular weight excluding hydrogens is 196 g/mol. The standard InChI is InChI=1S/C15H26O/c1-5-7-8-9-14(4)10-11-15(16)12-13(3)6-2/h5,9,15-16H,1,3,6-8,10-12H2,2,4H3/b14-9+/t15-/m1/s1. The highest BCUT2D eigenvalue weighted by atomic mass is 16.3. The predicted octanol–water partition coefficient (Wildman–Crippen LogP) is 4.40. The Balaban J connectivity index is 3.73. The minimum atomic E-state index is -0.227. The largest absolute Gasteiger partial charge is 0.393 e. The van der Waals surface area contributed by atoms with Gasteiger partial charge in [0.25, 0.3) is 0 Å². The van der Waals surface area contributed by atoms with Crippen LogP contribution in [0.2, 0.25) is 0 Å². The summed E-state index contributed by atoms with van der Waals surface area (Å²) in [6, 6.07) is 0. The van der Waals surface area contributed by atoms with Gasteiger partial charge in [0.1, 0.15) is 0 Å². The molecule has 0 aromatic heterocycles. The molecule has 0 bridgehead atoms. The van der Waals surface area contributed by atoms with E-state index in [0.717, 1.165) is 44.1 Å². The fourth-order valence-corrected chi connectivity index (χ4v) is 1.52. The van der Waals surface area contributed by atoms with Crippen LogP contribution in [-0.2, 0) is 0 Å². The fraction of sp³-hybridized carbons (Fsp3) is 0.600. The Labute approximate surface area is 101 Å². The maximum atomic E-state index is 9.77. The Kier molecular flexibility index (Phi) is 8.93. The lowest BCUT2D eigenvalue weighted by Gasteiger charge is -2.11. The molecule has 0 rings (SSSR count). The molecule has 0 fully saturated rings. The number of allylic oxidation sites excluding steroid dienone is 3. The Hall–Kier alpha value is -0.820. The second kappa shape index (κ2) is 9.41. The molecule has 0 heterocycles. The van der Waals surface area contributed by atoms with E-state index in [1.165, 1.54) is 5.57 Å². The molecule has 1 nitrogen and oxygen atoms in total. The fourth-order valence-electron chi connectivity index (χ4n) is 1.52. The second-order valence-electron chi connectivity index (χ2n) is 4.42. The summed E-state index contributed by atoms with van der Waals surface area (Å²) >= 11 is 0. The van der Waals surface area contributed by atoms with E-state index in [4.69, 9.17) is 0 Å². The number of unbranched alkanes of at least 4 members (excludes halogenated alkanes) is 1. The van der Waals surface area contributed by atoms with Gasteiger partial charge in [-0.2, -0.15) is 0 Å². The molecule has 0 saturated carbocycles. The molecule has 92 valence electrons. The number of hydrogen-bond acceptors (Lipinski definition) is 1. The lowest BCUT2D eigenvalue weighted by atomic mass is 10.0. The van der Waals surface area contributed by atoms with Gasteiger partial charge in [0.15, 0.2) is 0 Å². The third-order valence-corrected chi connectivity index (χ3v) is 2.76. The summed E-state index contributed by atoms with van der Waals surface area (Å²) in [7, 11) is 0. The van der Waals surface area contributed by atoms with Crippen LogP contribution in [0.15, 0.2) is 36.5 Å². The highest BCUT2D eigenvalue weighted by molar-refractivity contribution is 5.00. The molecule has 0 unspecified atom stereocenters. The van der Waals surface area contributed by atoms with E-state index in [9.17, 15) is 5.11 Å². The molecular formula is C15H26O. The van der Waals surface area contributed by atoms with Crippen LogP contribution in [0.3, 0.4) is 0 Å². The van der Waals surface area contributed by atoms with Crippen LogP contribution >= 0.6 is 0 Å². The van der Waals surface area contributed by atoms with Gasteiger partial charge in [-0.15, -0.1) is 6.58 Å². The summed E-state index contributed by atoms with van der Waals surface area (Å²) < 4.78 is 0. The Morgan fingerprint density at radius 2 is 2.06 bits per heavy atom. The van der Waals surface area contributed by atoms with Crippen LogP contribution in [0.1, 0.15) is 52.4 Å². The number of rotatable bonds is 9. The topological polar surface area (TPSA) is 20.2 Å². The maximum Gasteiger partial charge on any atom is 0.0580 e. The van der Waals surface area contributed by atoms with Crippen LogP contribution < -0.4 is 0 Å². The average molecular weight is 222 g/mol. The van der Waals surface area contributed by atoms with E-state index in [-0.39, 0.29) is 6.10 Å². The van der Waals surface area contributed by atoms with Gasteiger partial charge in [-0.1, -0.05) is 36.8 Å². The van der Waals surface area contributed by atoms with Crippen LogP contribution in [0.5, 0.6) is 0 Å². The van der Waals surface area contributed by atoms with Gasteiger partial charge in [0, 0.05) is 0 Å². The van der Waals surface area contributed by atoms with Crippen molar-refractivity contribution in [2.24, 2.45) is 0 Å². The van der Waals surface area contributed by atoms with Gasteiger partial charge in [0.05, 0.1) is 6.10 Å². The summed E-state index contributed by atoms with van der Waals surface area (Å²) in [6.45, 7) is 11.8. The van der Waals surface area contributed by atoms with E-state index in [2.05, 4.69) is 33.1 Å². The third-order valence-electron chi connectivity index (χ3n) is 2.76. The number of hydrogen-bond donors (Lipinski definition) is 1. The van der Waals surface area contributed by atoms with E-state index < -0.39 is 0 Å². The minimum Gasteiger partial charge on any atom is -0.393 e. The first kappa shape index (κ1) is 15.2. The Bertz CT molecular complexity index is 238. The van der Waals surface area contributed by atoms with Crippen molar-refractivity contribution in [3.8, 4) is 0 Å². The maximum absolute atomic E-state index is 9.77. The van der Waals surface area contributed by atoms with Crippen molar-refractivity contribution < 1.29 is 5.11 Å². The molecule has 1 atom stereocenters. The summed E-state index contributed by atoms with van der Waals surface area (Å²) in [4.78, 5) is 0. The first-order chi connectivity index (χ1) is 7.60. The summed E-state index contributed by atoms with van der Waals surface area (Å²) in [5.74, 6) is 0. The zero-order chi connectivity index (χ0) is 12.4. The highest BCUT2D eigenvalue weighted by Gasteiger charge is 2.05. The van der Waals surface area contributed by atoms with Crippen molar-refractivity contribution in [1.29, 1.82) is 0 Å². The van der Waals surface area contributed by atoms with Gasteiger partial charge in [-0.3, -0.25) is 0 Å². The van der Waals surface area contributed by atoms with Crippen molar-refractivity contribution in [3.63, 3.8) is 0 Å². The van der Waals surface area contributed by atoms with Crippen LogP contribution in [0.25, 0.3) is 0 Å². The zero-order valence-corrected chi connectivity index (χ0v) is 10.8. The molecule has 16 heavy (non-hydrogen) atoms. The minimum absolute atomic E-state index is 0.227. The molecule has 0 radical (unpaired) electrons. The first-order valence-electron chi connectivity index (χ1n) is 6.21. The molecule has 1 heteroatoms. The van der Waals surface area contributed by atoms with Crippen LogP contribution in [0, 0.1) is 0 Å². The van der Waals surface area contributed by atoms with Gasteiger partial charge < -0.3 is 5.11 Å². The average Bonchev–Trinajstić information content (AvgIpc) is 2.26. The molecule has 0 spiro atoms. The van der Waals surface area contributed by atoms with Crippen molar-refractivity contribution in [2.45, 2.75) is 58.5 Å². The highest BCUT2D eigenvalue weighted by Crippen LogP contribution is 2.14. The molecule has 0 saturated heterocycles. The number of aliphatic hydroxyl groups excluding tert-OH is 1. The second-order valence-corrected chi connectivity index (χ2v) is 4.42. The van der Waals surface area contributed by atoms with Gasteiger partial charge in [-0.05, 0) is 45.4 Å². The van der Waals surface area contributed by atoms with Crippen LogP contribution in [-0.4, -0.2) is 11.2 Å². The van der Waals surface area contributed by atoms with E-state index >= 15 is 0 Å². The van der Waals surface area contributed by atoms with Gasteiger partial charge in [0.2, 0.25) is 0 Å². The van der Waals surface area contributed by atoms with E-state index in [1.807, 2.05) is 6.08 Å².